The fraction of sp³-hybridized carbons (Fsp3) is 0.750. The van der Waals surface area contributed by atoms with Gasteiger partial charge in [-0.1, -0.05) is 0 Å². The van der Waals surface area contributed by atoms with Crippen molar-refractivity contribution in [3.8, 4) is 12.3 Å². The highest BCUT2D eigenvalue weighted by Crippen LogP contribution is 1.97. The second-order valence-corrected chi connectivity index (χ2v) is 4.20. The smallest absolute Gasteiger partial charge is 0.220 e. The lowest BCUT2D eigenvalue weighted by atomic mass is 10.3. The summed E-state index contributed by atoms with van der Waals surface area (Å²) in [4.78, 5) is 16.0. The summed E-state index contributed by atoms with van der Waals surface area (Å²) < 4.78 is 0. The van der Waals surface area contributed by atoms with E-state index in [1.54, 1.807) is 0 Å². The third kappa shape index (κ3) is 5.15. The van der Waals surface area contributed by atoms with Crippen LogP contribution in [0.3, 0.4) is 0 Å². The zero-order valence-corrected chi connectivity index (χ0v) is 10.0. The van der Waals surface area contributed by atoms with Crippen molar-refractivity contribution in [2.45, 2.75) is 12.8 Å². The van der Waals surface area contributed by atoms with Gasteiger partial charge in [0, 0.05) is 52.1 Å². The van der Waals surface area contributed by atoms with E-state index in [-0.39, 0.29) is 5.91 Å². The molecule has 0 bridgehead atoms. The van der Waals surface area contributed by atoms with E-state index in [0.717, 1.165) is 39.3 Å². The molecule has 0 aromatic carbocycles. The molecule has 1 aliphatic heterocycles. The summed E-state index contributed by atoms with van der Waals surface area (Å²) in [5, 5.41) is 2.89. The summed E-state index contributed by atoms with van der Waals surface area (Å²) in [7, 11) is 2.14. The third-order valence-corrected chi connectivity index (χ3v) is 2.84. The Hall–Kier alpha value is -1.05. The number of rotatable bonds is 5. The molecule has 1 aliphatic rings. The molecule has 0 aromatic rings. The summed E-state index contributed by atoms with van der Waals surface area (Å²) in [6.45, 7) is 6.09. The van der Waals surface area contributed by atoms with Gasteiger partial charge in [0.15, 0.2) is 0 Å². The number of carbonyl (C=O) groups excluding carboxylic acids is 1. The quantitative estimate of drug-likeness (QED) is 0.654. The maximum absolute atomic E-state index is 11.3. The van der Waals surface area contributed by atoms with E-state index in [2.05, 4.69) is 28.1 Å². The lowest BCUT2D eigenvalue weighted by Crippen LogP contribution is -2.46. The van der Waals surface area contributed by atoms with Gasteiger partial charge in [-0.2, -0.15) is 0 Å². The molecule has 0 atom stereocenters. The van der Waals surface area contributed by atoms with Crippen molar-refractivity contribution in [2.24, 2.45) is 0 Å². The van der Waals surface area contributed by atoms with Gasteiger partial charge < -0.3 is 10.2 Å². The number of piperazine rings is 1. The van der Waals surface area contributed by atoms with Gasteiger partial charge in [-0.15, -0.1) is 12.3 Å². The van der Waals surface area contributed by atoms with Crippen LogP contribution >= 0.6 is 0 Å². The van der Waals surface area contributed by atoms with Gasteiger partial charge in [-0.05, 0) is 7.05 Å². The molecule has 0 unspecified atom stereocenters. The van der Waals surface area contributed by atoms with Crippen molar-refractivity contribution in [1.82, 2.24) is 15.1 Å². The standard InChI is InChI=1S/C12H21N3O/c1-3-4-5-12(16)13-6-7-15-10-8-14(2)9-11-15/h1H,4-11H2,2H3,(H,13,16). The maximum atomic E-state index is 11.3. The number of nitrogens with one attached hydrogen (secondary N) is 1. The van der Waals surface area contributed by atoms with E-state index in [4.69, 9.17) is 6.42 Å². The molecule has 0 spiro atoms. The van der Waals surface area contributed by atoms with Crippen molar-refractivity contribution in [3.05, 3.63) is 0 Å². The van der Waals surface area contributed by atoms with Crippen molar-refractivity contribution >= 4 is 5.91 Å². The summed E-state index contributed by atoms with van der Waals surface area (Å²) >= 11 is 0. The SMILES string of the molecule is C#CCCC(=O)NCCN1CCN(C)CC1. The highest BCUT2D eigenvalue weighted by molar-refractivity contribution is 5.76. The van der Waals surface area contributed by atoms with Gasteiger partial charge in [-0.3, -0.25) is 9.69 Å². The molecule has 1 fully saturated rings. The number of hydrogen-bond donors (Lipinski definition) is 1. The first-order valence-corrected chi connectivity index (χ1v) is 5.83. The van der Waals surface area contributed by atoms with Crippen molar-refractivity contribution in [3.63, 3.8) is 0 Å². The van der Waals surface area contributed by atoms with E-state index >= 15 is 0 Å². The minimum Gasteiger partial charge on any atom is -0.355 e. The zero-order chi connectivity index (χ0) is 11.8. The summed E-state index contributed by atoms with van der Waals surface area (Å²) in [5.41, 5.74) is 0. The molecule has 0 aromatic heterocycles. The van der Waals surface area contributed by atoms with Crippen molar-refractivity contribution in [2.75, 3.05) is 46.3 Å². The number of terminal acetylenes is 1. The molecule has 4 heteroatoms. The number of carbonyl (C=O) groups is 1. The van der Waals surface area contributed by atoms with Crippen LogP contribution in [0.2, 0.25) is 0 Å². The Morgan fingerprint density at radius 3 is 2.69 bits per heavy atom. The molecule has 4 nitrogen and oxygen atoms in total. The van der Waals surface area contributed by atoms with Gasteiger partial charge in [0.25, 0.3) is 0 Å². The second kappa shape index (κ2) is 7.26. The number of hydrogen-bond acceptors (Lipinski definition) is 3. The first-order valence-electron chi connectivity index (χ1n) is 5.83. The molecular weight excluding hydrogens is 202 g/mol. The molecular formula is C12H21N3O. The Morgan fingerprint density at radius 2 is 2.06 bits per heavy atom. The van der Waals surface area contributed by atoms with Gasteiger partial charge in [0.1, 0.15) is 0 Å². The Labute approximate surface area is 98.0 Å². The average molecular weight is 223 g/mol. The number of nitrogens with zero attached hydrogens (tertiary/aromatic N) is 2. The Balaban J connectivity index is 2.03. The normalized spacial score (nSPS) is 18.0. The molecule has 90 valence electrons. The van der Waals surface area contributed by atoms with Crippen LogP contribution in [0, 0.1) is 12.3 Å². The van der Waals surface area contributed by atoms with Crippen LogP contribution in [0.15, 0.2) is 0 Å². The lowest BCUT2D eigenvalue weighted by Gasteiger charge is -2.32. The maximum Gasteiger partial charge on any atom is 0.220 e. The van der Waals surface area contributed by atoms with Crippen LogP contribution in [0.4, 0.5) is 0 Å². The van der Waals surface area contributed by atoms with Crippen molar-refractivity contribution in [1.29, 1.82) is 0 Å². The zero-order valence-electron chi connectivity index (χ0n) is 10.0. The Kier molecular flexibility index (Phi) is 5.91. The molecule has 1 rings (SSSR count). The van der Waals surface area contributed by atoms with Crippen molar-refractivity contribution < 1.29 is 4.79 Å². The molecule has 1 N–H and O–H groups in total. The van der Waals surface area contributed by atoms with Crippen LogP contribution in [0.1, 0.15) is 12.8 Å². The van der Waals surface area contributed by atoms with Gasteiger partial charge in [0.2, 0.25) is 5.91 Å². The minimum absolute atomic E-state index is 0.0621. The monoisotopic (exact) mass is 223 g/mol. The summed E-state index contributed by atoms with van der Waals surface area (Å²) in [5.74, 6) is 2.53. The molecule has 0 saturated carbocycles. The largest absolute Gasteiger partial charge is 0.355 e. The van der Waals surface area contributed by atoms with Crippen LogP contribution < -0.4 is 5.32 Å². The van der Waals surface area contributed by atoms with Crippen LogP contribution in [-0.4, -0.2) is 62.0 Å². The van der Waals surface area contributed by atoms with Gasteiger partial charge in [-0.25, -0.2) is 0 Å². The van der Waals surface area contributed by atoms with E-state index in [1.807, 2.05) is 0 Å². The molecule has 0 aliphatic carbocycles. The summed E-state index contributed by atoms with van der Waals surface area (Å²) in [6.07, 6.45) is 6.06. The molecule has 1 amide bonds. The highest BCUT2D eigenvalue weighted by Gasteiger charge is 2.12. The van der Waals surface area contributed by atoms with Crippen LogP contribution in [0.25, 0.3) is 0 Å². The number of likely N-dealkylation sites (N-methyl/N-ethyl adjacent to an activating group) is 1. The van der Waals surface area contributed by atoms with Gasteiger partial charge in [0.05, 0.1) is 0 Å². The Bertz CT molecular complexity index is 251. The van der Waals surface area contributed by atoms with Crippen LogP contribution in [-0.2, 0) is 4.79 Å². The Morgan fingerprint density at radius 1 is 1.38 bits per heavy atom. The summed E-state index contributed by atoms with van der Waals surface area (Å²) in [6, 6.07) is 0. The topological polar surface area (TPSA) is 35.6 Å². The molecule has 1 saturated heterocycles. The second-order valence-electron chi connectivity index (χ2n) is 4.20. The average Bonchev–Trinajstić information content (AvgIpc) is 2.29. The fourth-order valence-corrected chi connectivity index (χ4v) is 1.70. The van der Waals surface area contributed by atoms with E-state index in [9.17, 15) is 4.79 Å². The fourth-order valence-electron chi connectivity index (χ4n) is 1.70. The van der Waals surface area contributed by atoms with Crippen LogP contribution in [0.5, 0.6) is 0 Å². The first-order chi connectivity index (χ1) is 7.72. The van der Waals surface area contributed by atoms with Gasteiger partial charge >= 0.3 is 0 Å². The van der Waals surface area contributed by atoms with E-state index in [0.29, 0.717) is 12.8 Å². The van der Waals surface area contributed by atoms with E-state index in [1.165, 1.54) is 0 Å². The molecule has 16 heavy (non-hydrogen) atoms. The third-order valence-electron chi connectivity index (χ3n) is 2.84. The first kappa shape index (κ1) is 13.0. The number of amides is 1. The predicted octanol–water partition coefficient (Wildman–Crippen LogP) is -0.237. The van der Waals surface area contributed by atoms with E-state index < -0.39 is 0 Å². The highest BCUT2D eigenvalue weighted by atomic mass is 16.1. The molecule has 1 heterocycles. The minimum atomic E-state index is 0.0621. The molecule has 0 radical (unpaired) electrons. The predicted molar refractivity (Wildman–Crippen MR) is 65.0 cm³/mol. The lowest BCUT2D eigenvalue weighted by molar-refractivity contribution is -0.121.